The van der Waals surface area contributed by atoms with E-state index in [-0.39, 0.29) is 5.56 Å². The zero-order valence-electron chi connectivity index (χ0n) is 10.3. The van der Waals surface area contributed by atoms with E-state index in [2.05, 4.69) is 20.5 Å². The van der Waals surface area contributed by atoms with Crippen LogP contribution in [-0.2, 0) is 12.8 Å². The molecule has 7 nitrogen and oxygen atoms in total. The first kappa shape index (κ1) is 12.3. The van der Waals surface area contributed by atoms with Crippen LogP contribution in [0.25, 0.3) is 4.96 Å². The third-order valence-corrected chi connectivity index (χ3v) is 4.55. The first-order valence-corrected chi connectivity index (χ1v) is 7.33. The van der Waals surface area contributed by atoms with Gasteiger partial charge in [0.25, 0.3) is 5.56 Å². The molecule has 0 aliphatic rings. The van der Waals surface area contributed by atoms with Crippen LogP contribution in [0.15, 0.2) is 21.4 Å². The van der Waals surface area contributed by atoms with Gasteiger partial charge in [-0.2, -0.15) is 0 Å². The zero-order chi connectivity index (χ0) is 13.4. The fourth-order valence-electron chi connectivity index (χ4n) is 1.66. The van der Waals surface area contributed by atoms with Gasteiger partial charge in [-0.3, -0.25) is 9.20 Å². The number of nitrogens with zero attached hydrogens (tertiary/aromatic N) is 6. The summed E-state index contributed by atoms with van der Waals surface area (Å²) in [4.78, 5) is 17.2. The van der Waals surface area contributed by atoms with Crippen LogP contribution in [0.4, 0.5) is 0 Å². The summed E-state index contributed by atoms with van der Waals surface area (Å²) >= 11 is 2.92. The third-order valence-electron chi connectivity index (χ3n) is 2.56. The molecule has 3 aromatic rings. The number of rotatable bonds is 3. The largest absolute Gasteiger partial charge is 0.269 e. The lowest BCUT2D eigenvalue weighted by Crippen LogP contribution is -2.14. The zero-order valence-corrected chi connectivity index (χ0v) is 11.9. The average molecular weight is 294 g/mol. The molecular formula is C10H10N6OS2. The van der Waals surface area contributed by atoms with E-state index in [1.807, 2.05) is 12.3 Å². The number of fused-ring (bicyclic) bond motifs is 1. The molecule has 0 unspecified atom stereocenters. The second-order valence-electron chi connectivity index (χ2n) is 3.95. The quantitative estimate of drug-likeness (QED) is 0.667. The van der Waals surface area contributed by atoms with Crippen molar-refractivity contribution in [2.75, 3.05) is 0 Å². The SMILES string of the molecule is Cc1csc2nc(CSc3nnnn3C)cc(=O)n12. The van der Waals surface area contributed by atoms with Gasteiger partial charge in [-0.1, -0.05) is 11.8 Å². The minimum absolute atomic E-state index is 0.0459. The highest BCUT2D eigenvalue weighted by molar-refractivity contribution is 7.98. The van der Waals surface area contributed by atoms with Gasteiger partial charge in [-0.25, -0.2) is 9.67 Å². The number of aryl methyl sites for hydroxylation is 2. The minimum Gasteiger partial charge on any atom is -0.269 e. The molecule has 9 heteroatoms. The summed E-state index contributed by atoms with van der Waals surface area (Å²) < 4.78 is 3.20. The van der Waals surface area contributed by atoms with Crippen molar-refractivity contribution in [1.82, 2.24) is 29.6 Å². The maximum absolute atomic E-state index is 12.0. The fourth-order valence-corrected chi connectivity index (χ4v) is 3.29. The van der Waals surface area contributed by atoms with E-state index in [0.717, 1.165) is 16.3 Å². The molecular weight excluding hydrogens is 284 g/mol. The number of hydrogen-bond donors (Lipinski definition) is 0. The van der Waals surface area contributed by atoms with E-state index in [9.17, 15) is 4.79 Å². The van der Waals surface area contributed by atoms with Crippen molar-refractivity contribution >= 4 is 28.1 Å². The molecule has 98 valence electrons. The van der Waals surface area contributed by atoms with Gasteiger partial charge < -0.3 is 0 Å². The molecule has 0 radical (unpaired) electrons. The topological polar surface area (TPSA) is 78.0 Å². The normalized spacial score (nSPS) is 11.3. The Morgan fingerprint density at radius 2 is 2.32 bits per heavy atom. The lowest BCUT2D eigenvalue weighted by atomic mass is 10.4. The lowest BCUT2D eigenvalue weighted by Gasteiger charge is -2.00. The second-order valence-corrected chi connectivity index (χ2v) is 5.73. The van der Waals surface area contributed by atoms with E-state index in [0.29, 0.717) is 10.9 Å². The summed E-state index contributed by atoms with van der Waals surface area (Å²) in [5, 5.41) is 13.8. The highest BCUT2D eigenvalue weighted by Crippen LogP contribution is 2.19. The Balaban J connectivity index is 1.90. The van der Waals surface area contributed by atoms with Crippen molar-refractivity contribution in [3.63, 3.8) is 0 Å². The Bertz CT molecular complexity index is 789. The maximum atomic E-state index is 12.0. The van der Waals surface area contributed by atoms with Crippen LogP contribution < -0.4 is 5.56 Å². The van der Waals surface area contributed by atoms with Gasteiger partial charge in [0, 0.05) is 29.9 Å². The van der Waals surface area contributed by atoms with Crippen molar-refractivity contribution in [2.45, 2.75) is 17.8 Å². The smallest absolute Gasteiger partial charge is 0.258 e. The third kappa shape index (κ3) is 2.26. The molecule has 0 aliphatic carbocycles. The Kier molecular flexibility index (Phi) is 3.07. The van der Waals surface area contributed by atoms with Crippen molar-refractivity contribution in [3.8, 4) is 0 Å². The van der Waals surface area contributed by atoms with Gasteiger partial charge >= 0.3 is 0 Å². The number of thioether (sulfide) groups is 1. The van der Waals surface area contributed by atoms with Crippen LogP contribution in [0.5, 0.6) is 0 Å². The van der Waals surface area contributed by atoms with Crippen molar-refractivity contribution in [2.24, 2.45) is 7.05 Å². The minimum atomic E-state index is -0.0459. The van der Waals surface area contributed by atoms with E-state index in [4.69, 9.17) is 0 Å². The summed E-state index contributed by atoms with van der Waals surface area (Å²) in [6, 6.07) is 1.56. The van der Waals surface area contributed by atoms with Crippen molar-refractivity contribution in [1.29, 1.82) is 0 Å². The van der Waals surface area contributed by atoms with Crippen molar-refractivity contribution in [3.05, 3.63) is 33.2 Å². The number of hydrogen-bond acceptors (Lipinski definition) is 7. The molecule has 0 bridgehead atoms. The number of thiazole rings is 1. The molecule has 0 aromatic carbocycles. The van der Waals surface area contributed by atoms with Crippen LogP contribution in [0.2, 0.25) is 0 Å². The summed E-state index contributed by atoms with van der Waals surface area (Å²) in [6.07, 6.45) is 0. The summed E-state index contributed by atoms with van der Waals surface area (Å²) in [5.41, 5.74) is 1.60. The molecule has 19 heavy (non-hydrogen) atoms. The van der Waals surface area contributed by atoms with E-state index >= 15 is 0 Å². The predicted octanol–water partition coefficient (Wildman–Crippen LogP) is 0.880. The standard InChI is InChI=1S/C10H10N6OS2/c1-6-4-18-9-11-7(3-8(17)16(6)9)5-19-10-12-13-14-15(10)2/h3-4H,5H2,1-2H3. The van der Waals surface area contributed by atoms with Gasteiger partial charge in [0.1, 0.15) is 0 Å². The Morgan fingerprint density at radius 3 is 3.05 bits per heavy atom. The van der Waals surface area contributed by atoms with Crippen LogP contribution in [0.1, 0.15) is 11.4 Å². The average Bonchev–Trinajstić information content (AvgIpc) is 2.94. The molecule has 0 spiro atoms. The molecule has 0 saturated heterocycles. The predicted molar refractivity (Wildman–Crippen MR) is 72.4 cm³/mol. The molecule has 0 fully saturated rings. The molecule has 0 aliphatic heterocycles. The second kappa shape index (κ2) is 4.74. The molecule has 0 saturated carbocycles. The van der Waals surface area contributed by atoms with E-state index in [1.54, 1.807) is 22.2 Å². The van der Waals surface area contributed by atoms with Gasteiger partial charge in [0.05, 0.1) is 5.69 Å². The highest BCUT2D eigenvalue weighted by atomic mass is 32.2. The number of tetrazole rings is 1. The molecule has 3 rings (SSSR count). The van der Waals surface area contributed by atoms with E-state index in [1.165, 1.54) is 23.1 Å². The lowest BCUT2D eigenvalue weighted by molar-refractivity contribution is 0.664. The van der Waals surface area contributed by atoms with Crippen molar-refractivity contribution < 1.29 is 0 Å². The monoisotopic (exact) mass is 294 g/mol. The Labute approximate surface area is 116 Å². The maximum Gasteiger partial charge on any atom is 0.258 e. The van der Waals surface area contributed by atoms with Gasteiger partial charge in [0.2, 0.25) is 5.16 Å². The first-order valence-electron chi connectivity index (χ1n) is 5.47. The fraction of sp³-hybridized carbons (Fsp3) is 0.300. The summed E-state index contributed by atoms with van der Waals surface area (Å²) in [6.45, 7) is 1.90. The van der Waals surface area contributed by atoms with Gasteiger partial charge in [-0.05, 0) is 17.4 Å². The van der Waals surface area contributed by atoms with Crippen LogP contribution in [-0.4, -0.2) is 29.6 Å². The molecule has 0 amide bonds. The summed E-state index contributed by atoms with van der Waals surface area (Å²) in [7, 11) is 1.77. The van der Waals surface area contributed by atoms with Crippen LogP contribution in [0, 0.1) is 6.92 Å². The van der Waals surface area contributed by atoms with Crippen LogP contribution >= 0.6 is 23.1 Å². The van der Waals surface area contributed by atoms with E-state index < -0.39 is 0 Å². The highest BCUT2D eigenvalue weighted by Gasteiger charge is 2.08. The summed E-state index contributed by atoms with van der Waals surface area (Å²) in [5.74, 6) is 0.566. The Morgan fingerprint density at radius 1 is 1.47 bits per heavy atom. The van der Waals surface area contributed by atoms with Gasteiger partial charge in [0.15, 0.2) is 4.96 Å². The molecule has 3 heterocycles. The number of aromatic nitrogens is 6. The molecule has 0 N–H and O–H groups in total. The van der Waals surface area contributed by atoms with Gasteiger partial charge in [-0.15, -0.1) is 16.4 Å². The molecule has 3 aromatic heterocycles. The first-order chi connectivity index (χ1) is 9.15. The Hall–Kier alpha value is -1.74. The molecule has 0 atom stereocenters. The van der Waals surface area contributed by atoms with Crippen LogP contribution in [0.3, 0.4) is 0 Å².